The molecule has 0 atom stereocenters. The molecule has 7 nitrogen and oxygen atoms in total. The topological polar surface area (TPSA) is 88.9 Å². The van der Waals surface area contributed by atoms with Crippen LogP contribution < -0.4 is 15.7 Å². The van der Waals surface area contributed by atoms with Gasteiger partial charge in [-0.05, 0) is 29.8 Å². The van der Waals surface area contributed by atoms with Gasteiger partial charge in [0.1, 0.15) is 11.3 Å². The number of benzene rings is 2. The number of nitrogens with zero attached hydrogens (tertiary/aromatic N) is 1. The first-order valence-electron chi connectivity index (χ1n) is 8.68. The molecule has 0 bridgehead atoms. The second-order valence-electron chi connectivity index (χ2n) is 6.32. The first-order valence-corrected chi connectivity index (χ1v) is 8.68. The van der Waals surface area contributed by atoms with Crippen LogP contribution in [0.25, 0.3) is 11.0 Å². The van der Waals surface area contributed by atoms with E-state index < -0.39 is 5.63 Å². The van der Waals surface area contributed by atoms with Gasteiger partial charge in [0, 0.05) is 43.7 Å². The molecule has 0 aliphatic rings. The zero-order valence-electron chi connectivity index (χ0n) is 15.6. The molecule has 0 unspecified atom stereocenters. The van der Waals surface area contributed by atoms with Crippen LogP contribution in [0.15, 0.2) is 63.8 Å². The maximum Gasteiger partial charge on any atom is 0.336 e. The van der Waals surface area contributed by atoms with E-state index in [1.165, 1.54) is 13.0 Å². The molecule has 0 radical (unpaired) electrons. The van der Waals surface area contributed by atoms with E-state index in [0.717, 1.165) is 10.9 Å². The second-order valence-corrected chi connectivity index (χ2v) is 6.32. The zero-order chi connectivity index (χ0) is 20.1. The van der Waals surface area contributed by atoms with Crippen LogP contribution in [0.2, 0.25) is 0 Å². The van der Waals surface area contributed by atoms with E-state index in [9.17, 15) is 14.4 Å². The number of rotatable bonds is 6. The van der Waals surface area contributed by atoms with Crippen molar-refractivity contribution in [3.63, 3.8) is 0 Å². The molecule has 0 fully saturated rings. The predicted molar refractivity (Wildman–Crippen MR) is 105 cm³/mol. The van der Waals surface area contributed by atoms with Gasteiger partial charge in [0.15, 0.2) is 6.61 Å². The lowest BCUT2D eigenvalue weighted by atomic mass is 10.1. The van der Waals surface area contributed by atoms with E-state index in [1.54, 1.807) is 48.3 Å². The maximum absolute atomic E-state index is 12.3. The molecule has 1 N–H and O–H groups in total. The largest absolute Gasteiger partial charge is 0.484 e. The Labute approximate surface area is 161 Å². The van der Waals surface area contributed by atoms with Crippen molar-refractivity contribution in [1.82, 2.24) is 4.90 Å². The lowest BCUT2D eigenvalue weighted by Crippen LogP contribution is -2.25. The summed E-state index contributed by atoms with van der Waals surface area (Å²) >= 11 is 0. The van der Waals surface area contributed by atoms with Gasteiger partial charge in [-0.2, -0.15) is 0 Å². The number of carbonyl (C=O) groups is 2. The summed E-state index contributed by atoms with van der Waals surface area (Å²) in [6.45, 7) is 1.66. The minimum Gasteiger partial charge on any atom is -0.484 e. The van der Waals surface area contributed by atoms with Gasteiger partial charge >= 0.3 is 5.63 Å². The highest BCUT2D eigenvalue weighted by Crippen LogP contribution is 2.20. The first kappa shape index (κ1) is 19.2. The van der Waals surface area contributed by atoms with Gasteiger partial charge in [-0.1, -0.05) is 18.2 Å². The van der Waals surface area contributed by atoms with Crippen LogP contribution in [0.5, 0.6) is 5.75 Å². The van der Waals surface area contributed by atoms with Gasteiger partial charge in [-0.25, -0.2) is 4.79 Å². The second kappa shape index (κ2) is 8.39. The molecule has 1 aromatic heterocycles. The van der Waals surface area contributed by atoms with E-state index >= 15 is 0 Å². The van der Waals surface area contributed by atoms with Crippen molar-refractivity contribution >= 4 is 28.5 Å². The Morgan fingerprint density at radius 1 is 1.11 bits per heavy atom. The molecule has 0 saturated heterocycles. The van der Waals surface area contributed by atoms with Crippen LogP contribution in [-0.4, -0.2) is 30.4 Å². The van der Waals surface area contributed by atoms with E-state index in [0.29, 0.717) is 23.6 Å². The molecular weight excluding hydrogens is 360 g/mol. The lowest BCUT2D eigenvalue weighted by molar-refractivity contribution is -0.128. The molecule has 28 heavy (non-hydrogen) atoms. The molecule has 3 aromatic rings. The summed E-state index contributed by atoms with van der Waals surface area (Å²) in [7, 11) is 1.70. The van der Waals surface area contributed by atoms with Crippen molar-refractivity contribution in [2.45, 2.75) is 13.5 Å². The van der Waals surface area contributed by atoms with Gasteiger partial charge in [0.25, 0.3) is 5.91 Å². The number of para-hydroxylation sites is 1. The highest BCUT2D eigenvalue weighted by molar-refractivity contribution is 5.92. The third-order valence-electron chi connectivity index (χ3n) is 4.20. The van der Waals surface area contributed by atoms with Crippen LogP contribution in [0.3, 0.4) is 0 Å². The minimum atomic E-state index is -0.450. The number of amides is 2. The number of ether oxygens (including phenoxy) is 1. The Hall–Kier alpha value is -3.61. The molecule has 7 heteroatoms. The minimum absolute atomic E-state index is 0.0626. The average molecular weight is 380 g/mol. The summed E-state index contributed by atoms with van der Waals surface area (Å²) in [6, 6.07) is 15.3. The van der Waals surface area contributed by atoms with Crippen molar-refractivity contribution in [3.8, 4) is 5.75 Å². The van der Waals surface area contributed by atoms with E-state index in [1.807, 2.05) is 12.1 Å². The van der Waals surface area contributed by atoms with Crippen molar-refractivity contribution in [2.75, 3.05) is 19.0 Å². The van der Waals surface area contributed by atoms with E-state index in [2.05, 4.69) is 5.32 Å². The van der Waals surface area contributed by atoms with Gasteiger partial charge in [0.05, 0.1) is 0 Å². The summed E-state index contributed by atoms with van der Waals surface area (Å²) in [5.74, 6) is 0.0153. The summed E-state index contributed by atoms with van der Waals surface area (Å²) in [4.78, 5) is 36.6. The predicted octanol–water partition coefficient (Wildman–Crippen LogP) is 2.79. The molecule has 144 valence electrons. The molecule has 0 saturated carbocycles. The Morgan fingerprint density at radius 3 is 2.64 bits per heavy atom. The first-order chi connectivity index (χ1) is 13.4. The Balaban J connectivity index is 1.65. The summed E-state index contributed by atoms with van der Waals surface area (Å²) in [6.07, 6.45) is 0. The molecular formula is C21H20N2O5. The standard InChI is InChI=1S/C21H20N2O5/c1-14(24)23(2)12-16-5-3-4-6-18(16)22-20(25)13-27-17-9-7-15-8-10-21(26)28-19(15)11-17/h3-11H,12-13H2,1-2H3,(H,22,25). The number of carbonyl (C=O) groups excluding carboxylic acids is 2. The molecule has 3 rings (SSSR count). The Bertz CT molecular complexity index is 1070. The fraction of sp³-hybridized carbons (Fsp3) is 0.190. The average Bonchev–Trinajstić information content (AvgIpc) is 2.67. The highest BCUT2D eigenvalue weighted by atomic mass is 16.5. The van der Waals surface area contributed by atoms with Crippen LogP contribution >= 0.6 is 0 Å². The van der Waals surface area contributed by atoms with Crippen LogP contribution in [0.1, 0.15) is 12.5 Å². The third-order valence-corrected chi connectivity index (χ3v) is 4.20. The van der Waals surface area contributed by atoms with Crippen molar-refractivity contribution in [2.24, 2.45) is 0 Å². The van der Waals surface area contributed by atoms with Crippen molar-refractivity contribution < 1.29 is 18.7 Å². The van der Waals surface area contributed by atoms with Crippen LogP contribution in [0.4, 0.5) is 5.69 Å². The quantitative estimate of drug-likeness (QED) is 0.664. The highest BCUT2D eigenvalue weighted by Gasteiger charge is 2.11. The summed E-state index contributed by atoms with van der Waals surface area (Å²) < 4.78 is 10.6. The SMILES string of the molecule is CC(=O)N(C)Cc1ccccc1NC(=O)COc1ccc2ccc(=O)oc2c1. The zero-order valence-corrected chi connectivity index (χ0v) is 15.6. The van der Waals surface area contributed by atoms with Gasteiger partial charge in [-0.3, -0.25) is 9.59 Å². The number of hydrogen-bond acceptors (Lipinski definition) is 5. The van der Waals surface area contributed by atoms with Crippen molar-refractivity contribution in [1.29, 1.82) is 0 Å². The molecule has 0 spiro atoms. The normalized spacial score (nSPS) is 10.5. The smallest absolute Gasteiger partial charge is 0.336 e. The number of nitrogens with one attached hydrogen (secondary N) is 1. The van der Waals surface area contributed by atoms with Gasteiger partial charge in [0.2, 0.25) is 5.91 Å². The molecule has 0 aliphatic carbocycles. The van der Waals surface area contributed by atoms with E-state index in [4.69, 9.17) is 9.15 Å². The van der Waals surface area contributed by atoms with Crippen LogP contribution in [0, 0.1) is 0 Å². The molecule has 1 heterocycles. The fourth-order valence-electron chi connectivity index (χ4n) is 2.61. The number of fused-ring (bicyclic) bond motifs is 1. The molecule has 2 amide bonds. The Morgan fingerprint density at radius 2 is 1.86 bits per heavy atom. The summed E-state index contributed by atoms with van der Waals surface area (Å²) in [5, 5.41) is 3.56. The Kier molecular flexibility index (Phi) is 5.74. The molecule has 2 aromatic carbocycles. The van der Waals surface area contributed by atoms with Crippen LogP contribution in [-0.2, 0) is 16.1 Å². The lowest BCUT2D eigenvalue weighted by Gasteiger charge is -2.18. The summed E-state index contributed by atoms with van der Waals surface area (Å²) in [5.41, 5.74) is 1.38. The number of hydrogen-bond donors (Lipinski definition) is 1. The monoisotopic (exact) mass is 380 g/mol. The third kappa shape index (κ3) is 4.76. The van der Waals surface area contributed by atoms with E-state index in [-0.39, 0.29) is 18.4 Å². The van der Waals surface area contributed by atoms with Gasteiger partial charge < -0.3 is 19.4 Å². The maximum atomic E-state index is 12.3. The van der Waals surface area contributed by atoms with Gasteiger partial charge in [-0.15, -0.1) is 0 Å². The fourth-order valence-corrected chi connectivity index (χ4v) is 2.61. The van der Waals surface area contributed by atoms with Crippen molar-refractivity contribution in [3.05, 3.63) is 70.6 Å². The number of anilines is 1. The molecule has 0 aliphatic heterocycles.